The minimum Gasteiger partial charge on any atom is -0.392 e. The molecule has 0 heterocycles. The van der Waals surface area contributed by atoms with Crippen molar-refractivity contribution in [3.8, 4) is 6.07 Å². The summed E-state index contributed by atoms with van der Waals surface area (Å²) in [5.74, 6) is -2.19. The van der Waals surface area contributed by atoms with Gasteiger partial charge in [-0.15, -0.1) is 0 Å². The van der Waals surface area contributed by atoms with Crippen LogP contribution in [-0.4, -0.2) is 17.3 Å². The average molecular weight is 252 g/mol. The molecule has 1 saturated carbocycles. The maximum absolute atomic E-state index is 13.7. The molecule has 96 valence electrons. The van der Waals surface area contributed by atoms with Gasteiger partial charge in [-0.1, -0.05) is 13.8 Å². The summed E-state index contributed by atoms with van der Waals surface area (Å²) in [6.45, 7) is 3.72. The molecule has 0 aromatic heterocycles. The van der Waals surface area contributed by atoms with Crippen molar-refractivity contribution in [2.24, 2.45) is 5.41 Å². The average Bonchev–Trinajstić information content (AvgIpc) is 2.34. The quantitative estimate of drug-likeness (QED) is 0.849. The van der Waals surface area contributed by atoms with E-state index in [0.717, 1.165) is 0 Å². The monoisotopic (exact) mass is 252 g/mol. The summed E-state index contributed by atoms with van der Waals surface area (Å²) < 4.78 is 27.1. The molecular weight excluding hydrogens is 238 g/mol. The maximum atomic E-state index is 13.7. The fourth-order valence-electron chi connectivity index (χ4n) is 2.08. The number of anilines is 1. The highest BCUT2D eigenvalue weighted by molar-refractivity contribution is 5.51. The van der Waals surface area contributed by atoms with Crippen LogP contribution in [0.25, 0.3) is 0 Å². The highest BCUT2D eigenvalue weighted by Crippen LogP contribution is 2.42. The van der Waals surface area contributed by atoms with Gasteiger partial charge in [-0.3, -0.25) is 0 Å². The first-order chi connectivity index (χ1) is 8.37. The first-order valence-corrected chi connectivity index (χ1v) is 5.70. The molecule has 1 aliphatic carbocycles. The second kappa shape index (κ2) is 4.21. The topological polar surface area (TPSA) is 56.0 Å². The third-order valence-corrected chi connectivity index (χ3v) is 3.75. The summed E-state index contributed by atoms with van der Waals surface area (Å²) in [5.41, 5.74) is -0.668. The van der Waals surface area contributed by atoms with Gasteiger partial charge in [0.15, 0.2) is 11.6 Å². The largest absolute Gasteiger partial charge is 0.392 e. The molecule has 0 saturated heterocycles. The van der Waals surface area contributed by atoms with Crippen molar-refractivity contribution >= 4 is 5.69 Å². The van der Waals surface area contributed by atoms with Crippen LogP contribution in [0.5, 0.6) is 0 Å². The molecule has 18 heavy (non-hydrogen) atoms. The Hall–Kier alpha value is -1.67. The van der Waals surface area contributed by atoms with E-state index in [1.165, 1.54) is 12.1 Å². The standard InChI is InChI=1S/C13H14F2N2O/c1-13(2)9(5-10(13)18)17-8-4-3-7(6-16)11(14)12(8)15/h3-4,9-10,17-18H,5H2,1-2H3. The molecule has 1 aromatic carbocycles. The predicted octanol–water partition coefficient (Wildman–Crippen LogP) is 2.41. The molecule has 1 aromatic rings. The Morgan fingerprint density at radius 2 is 2.06 bits per heavy atom. The zero-order valence-corrected chi connectivity index (χ0v) is 10.2. The van der Waals surface area contributed by atoms with Gasteiger partial charge >= 0.3 is 0 Å². The van der Waals surface area contributed by atoms with Crippen molar-refractivity contribution in [3.63, 3.8) is 0 Å². The van der Waals surface area contributed by atoms with E-state index in [2.05, 4.69) is 5.32 Å². The number of nitriles is 1. The predicted molar refractivity (Wildman–Crippen MR) is 62.9 cm³/mol. The van der Waals surface area contributed by atoms with Crippen LogP contribution in [0.3, 0.4) is 0 Å². The van der Waals surface area contributed by atoms with Crippen LogP contribution in [0.15, 0.2) is 12.1 Å². The molecule has 3 nitrogen and oxygen atoms in total. The normalized spacial score (nSPS) is 25.1. The lowest BCUT2D eigenvalue weighted by Gasteiger charge is -2.49. The highest BCUT2D eigenvalue weighted by Gasteiger charge is 2.47. The van der Waals surface area contributed by atoms with Gasteiger partial charge in [0.2, 0.25) is 0 Å². The Labute approximate surface area is 104 Å². The lowest BCUT2D eigenvalue weighted by atomic mass is 9.64. The van der Waals surface area contributed by atoms with E-state index in [-0.39, 0.29) is 22.7 Å². The van der Waals surface area contributed by atoms with E-state index >= 15 is 0 Å². The van der Waals surface area contributed by atoms with E-state index in [9.17, 15) is 13.9 Å². The van der Waals surface area contributed by atoms with Gasteiger partial charge in [-0.25, -0.2) is 8.78 Å². The van der Waals surface area contributed by atoms with Crippen molar-refractivity contribution < 1.29 is 13.9 Å². The molecule has 5 heteroatoms. The Morgan fingerprint density at radius 3 is 2.56 bits per heavy atom. The molecule has 0 bridgehead atoms. The van der Waals surface area contributed by atoms with E-state index in [0.29, 0.717) is 6.42 Å². The molecule has 0 radical (unpaired) electrons. The van der Waals surface area contributed by atoms with Crippen molar-refractivity contribution in [1.82, 2.24) is 0 Å². The lowest BCUT2D eigenvalue weighted by molar-refractivity contribution is -0.0511. The number of hydrogen-bond donors (Lipinski definition) is 2. The second-order valence-corrected chi connectivity index (χ2v) is 5.17. The van der Waals surface area contributed by atoms with E-state index < -0.39 is 17.7 Å². The summed E-state index contributed by atoms with van der Waals surface area (Å²) in [6.07, 6.45) is 0.0509. The van der Waals surface area contributed by atoms with Gasteiger partial charge in [0.1, 0.15) is 6.07 Å². The fourth-order valence-corrected chi connectivity index (χ4v) is 2.08. The number of nitrogens with one attached hydrogen (secondary N) is 1. The summed E-state index contributed by atoms with van der Waals surface area (Å²) in [6, 6.07) is 4.05. The van der Waals surface area contributed by atoms with Crippen molar-refractivity contribution in [2.45, 2.75) is 32.4 Å². The minimum absolute atomic E-state index is 0.0245. The van der Waals surface area contributed by atoms with Crippen molar-refractivity contribution in [2.75, 3.05) is 5.32 Å². The number of nitrogens with zero attached hydrogens (tertiary/aromatic N) is 1. The van der Waals surface area contributed by atoms with Crippen LogP contribution in [0.1, 0.15) is 25.8 Å². The van der Waals surface area contributed by atoms with Crippen LogP contribution in [0.2, 0.25) is 0 Å². The minimum atomic E-state index is -1.14. The van der Waals surface area contributed by atoms with Crippen LogP contribution >= 0.6 is 0 Å². The van der Waals surface area contributed by atoms with Gasteiger partial charge in [0.25, 0.3) is 0 Å². The van der Waals surface area contributed by atoms with Gasteiger partial charge in [0, 0.05) is 11.5 Å². The van der Waals surface area contributed by atoms with Crippen molar-refractivity contribution in [3.05, 3.63) is 29.3 Å². The molecule has 2 N–H and O–H groups in total. The third kappa shape index (κ3) is 1.83. The summed E-state index contributed by atoms with van der Waals surface area (Å²) in [7, 11) is 0. The van der Waals surface area contributed by atoms with Gasteiger partial charge in [-0.2, -0.15) is 5.26 Å². The number of hydrogen-bond acceptors (Lipinski definition) is 3. The summed E-state index contributed by atoms with van der Waals surface area (Å²) in [4.78, 5) is 0. The second-order valence-electron chi connectivity index (χ2n) is 5.17. The molecule has 2 rings (SSSR count). The van der Waals surface area contributed by atoms with Crippen LogP contribution in [-0.2, 0) is 0 Å². The fraction of sp³-hybridized carbons (Fsp3) is 0.462. The van der Waals surface area contributed by atoms with Gasteiger partial charge in [0.05, 0.1) is 17.4 Å². The zero-order valence-electron chi connectivity index (χ0n) is 10.2. The highest BCUT2D eigenvalue weighted by atomic mass is 19.2. The molecule has 2 unspecified atom stereocenters. The number of halogens is 2. The van der Waals surface area contributed by atoms with Gasteiger partial charge in [-0.05, 0) is 18.6 Å². The Balaban J connectivity index is 2.22. The molecular formula is C13H14F2N2O. The smallest absolute Gasteiger partial charge is 0.183 e. The van der Waals surface area contributed by atoms with Crippen molar-refractivity contribution in [1.29, 1.82) is 5.26 Å². The number of aliphatic hydroxyl groups is 1. The molecule has 2 atom stereocenters. The molecule has 0 amide bonds. The number of rotatable bonds is 2. The molecule has 1 fully saturated rings. The number of benzene rings is 1. The summed E-state index contributed by atoms with van der Waals surface area (Å²) >= 11 is 0. The third-order valence-electron chi connectivity index (χ3n) is 3.75. The summed E-state index contributed by atoms with van der Waals surface area (Å²) in [5, 5.41) is 21.0. The molecule has 0 spiro atoms. The van der Waals surface area contributed by atoms with E-state index in [1.807, 2.05) is 13.8 Å². The van der Waals surface area contributed by atoms with Crippen LogP contribution in [0.4, 0.5) is 14.5 Å². The van der Waals surface area contributed by atoms with Crippen LogP contribution in [0, 0.1) is 28.4 Å². The Kier molecular flexibility index (Phi) is 2.99. The SMILES string of the molecule is CC1(C)C(O)CC1Nc1ccc(C#N)c(F)c1F. The van der Waals surface area contributed by atoms with E-state index in [4.69, 9.17) is 5.26 Å². The maximum Gasteiger partial charge on any atom is 0.183 e. The lowest BCUT2D eigenvalue weighted by Crippen LogP contribution is -2.57. The Bertz CT molecular complexity index is 522. The molecule has 1 aliphatic rings. The van der Waals surface area contributed by atoms with E-state index in [1.54, 1.807) is 6.07 Å². The van der Waals surface area contributed by atoms with Crippen LogP contribution < -0.4 is 5.32 Å². The van der Waals surface area contributed by atoms with Gasteiger partial charge < -0.3 is 10.4 Å². The Morgan fingerprint density at radius 1 is 1.39 bits per heavy atom. The molecule has 0 aliphatic heterocycles. The number of aliphatic hydroxyl groups excluding tert-OH is 1. The zero-order chi connectivity index (χ0) is 13.5. The first-order valence-electron chi connectivity index (χ1n) is 5.70. The first kappa shape index (κ1) is 12.8.